The van der Waals surface area contributed by atoms with Gasteiger partial charge in [0, 0.05) is 18.0 Å². The quantitative estimate of drug-likeness (QED) is 0.929. The van der Waals surface area contributed by atoms with Gasteiger partial charge in [0.15, 0.2) is 0 Å². The van der Waals surface area contributed by atoms with Gasteiger partial charge in [-0.15, -0.1) is 0 Å². The van der Waals surface area contributed by atoms with Crippen molar-refractivity contribution in [3.63, 3.8) is 0 Å². The number of carboxylic acids is 1. The number of carbonyl (C=O) groups is 2. The Balaban J connectivity index is 1.77. The fourth-order valence-electron chi connectivity index (χ4n) is 3.61. The first-order valence-corrected chi connectivity index (χ1v) is 8.14. The minimum Gasteiger partial charge on any atom is -0.478 e. The molecule has 1 heterocycles. The molecule has 0 aromatic heterocycles. The van der Waals surface area contributed by atoms with Crippen molar-refractivity contribution in [2.24, 2.45) is 5.92 Å². The average Bonchev–Trinajstić information content (AvgIpc) is 3.29. The molecule has 3 rings (SSSR count). The molecule has 23 heavy (non-hydrogen) atoms. The average molecular weight is 319 g/mol. The maximum Gasteiger partial charge on any atom is 0.338 e. The van der Waals surface area contributed by atoms with Gasteiger partial charge in [-0.25, -0.2) is 9.18 Å². The van der Waals surface area contributed by atoms with Crippen LogP contribution in [0, 0.1) is 11.7 Å². The van der Waals surface area contributed by atoms with Crippen LogP contribution in [0.5, 0.6) is 0 Å². The number of halogens is 1. The van der Waals surface area contributed by atoms with Crippen molar-refractivity contribution in [2.45, 2.75) is 51.0 Å². The van der Waals surface area contributed by atoms with E-state index in [0.29, 0.717) is 6.54 Å². The van der Waals surface area contributed by atoms with E-state index in [1.54, 1.807) is 6.07 Å². The molecule has 0 radical (unpaired) electrons. The maximum atomic E-state index is 13.9. The van der Waals surface area contributed by atoms with Gasteiger partial charge < -0.3 is 10.0 Å². The molecule has 2 aliphatic rings. The largest absolute Gasteiger partial charge is 0.478 e. The Morgan fingerprint density at radius 2 is 1.96 bits per heavy atom. The second-order valence-electron chi connectivity index (χ2n) is 7.31. The predicted molar refractivity (Wildman–Crippen MR) is 83.9 cm³/mol. The van der Waals surface area contributed by atoms with Gasteiger partial charge in [-0.3, -0.25) is 4.79 Å². The predicted octanol–water partition coefficient (Wildman–Crippen LogP) is 3.42. The van der Waals surface area contributed by atoms with Gasteiger partial charge in [-0.1, -0.05) is 6.07 Å². The van der Waals surface area contributed by atoms with Gasteiger partial charge in [-0.2, -0.15) is 0 Å². The lowest BCUT2D eigenvalue weighted by Crippen LogP contribution is -2.53. The second kappa shape index (κ2) is 5.62. The molecule has 4 nitrogen and oxygen atoms in total. The summed E-state index contributed by atoms with van der Waals surface area (Å²) in [6.45, 7) is 4.79. The first kappa shape index (κ1) is 16.0. The number of hydrogen-bond acceptors (Lipinski definition) is 2. The highest BCUT2D eigenvalue weighted by Crippen LogP contribution is 2.41. The normalized spacial score (nSPS) is 23.6. The molecule has 1 aliphatic carbocycles. The van der Waals surface area contributed by atoms with E-state index in [1.807, 2.05) is 4.90 Å². The molecule has 1 unspecified atom stereocenters. The van der Waals surface area contributed by atoms with E-state index >= 15 is 0 Å². The fourth-order valence-corrected chi connectivity index (χ4v) is 3.61. The molecular weight excluding hydrogens is 297 g/mol. The number of rotatable bonds is 3. The van der Waals surface area contributed by atoms with Gasteiger partial charge in [-0.05, 0) is 63.1 Å². The molecular formula is C18H22FNO3. The number of carbonyl (C=O) groups excluding carboxylic acids is 1. The van der Waals surface area contributed by atoms with Crippen molar-refractivity contribution in [1.29, 1.82) is 0 Å². The van der Waals surface area contributed by atoms with Crippen LogP contribution in [0.25, 0.3) is 0 Å². The highest BCUT2D eigenvalue weighted by atomic mass is 19.1. The number of hydrogen-bond donors (Lipinski definition) is 1. The molecule has 1 aliphatic heterocycles. The topological polar surface area (TPSA) is 57.6 Å². The highest BCUT2D eigenvalue weighted by molar-refractivity contribution is 5.88. The van der Waals surface area contributed by atoms with Crippen LogP contribution in [-0.2, 0) is 4.79 Å². The summed E-state index contributed by atoms with van der Waals surface area (Å²) in [5.74, 6) is -1.34. The summed E-state index contributed by atoms with van der Waals surface area (Å²) < 4.78 is 13.9. The summed E-state index contributed by atoms with van der Waals surface area (Å²) in [4.78, 5) is 25.3. The summed E-state index contributed by atoms with van der Waals surface area (Å²) in [7, 11) is 0. The number of aromatic carboxylic acids is 1. The number of nitrogens with zero attached hydrogens (tertiary/aromatic N) is 1. The Kier molecular flexibility index (Phi) is 3.90. The first-order chi connectivity index (χ1) is 10.8. The molecule has 1 amide bonds. The minimum absolute atomic E-state index is 0.144. The fraction of sp³-hybridized carbons (Fsp3) is 0.556. The summed E-state index contributed by atoms with van der Waals surface area (Å²) in [6, 6.07) is 4.37. The van der Waals surface area contributed by atoms with E-state index in [4.69, 9.17) is 5.11 Å². The number of carboxylic acid groups (broad SMARTS) is 1. The molecule has 1 saturated carbocycles. The molecule has 2 fully saturated rings. The van der Waals surface area contributed by atoms with Crippen LogP contribution < -0.4 is 0 Å². The number of likely N-dealkylation sites (tertiary alicyclic amines) is 1. The van der Waals surface area contributed by atoms with Gasteiger partial charge in [0.25, 0.3) is 0 Å². The van der Waals surface area contributed by atoms with Crippen molar-refractivity contribution in [3.05, 3.63) is 35.1 Å². The summed E-state index contributed by atoms with van der Waals surface area (Å²) in [5, 5.41) is 8.92. The van der Waals surface area contributed by atoms with Crippen LogP contribution in [0.1, 0.15) is 61.4 Å². The zero-order valence-electron chi connectivity index (χ0n) is 13.5. The lowest BCUT2D eigenvalue weighted by Gasteiger charge is -2.46. The number of amides is 1. The second-order valence-corrected chi connectivity index (χ2v) is 7.31. The van der Waals surface area contributed by atoms with Gasteiger partial charge in [0.05, 0.1) is 5.56 Å². The Bertz CT molecular complexity index is 652. The van der Waals surface area contributed by atoms with Crippen molar-refractivity contribution in [3.8, 4) is 0 Å². The third-order valence-corrected chi connectivity index (χ3v) is 5.07. The molecule has 124 valence electrons. The smallest absolute Gasteiger partial charge is 0.338 e. The number of piperidine rings is 1. The molecule has 1 N–H and O–H groups in total. The van der Waals surface area contributed by atoms with Crippen molar-refractivity contribution in [1.82, 2.24) is 4.90 Å². The maximum absolute atomic E-state index is 13.9. The van der Waals surface area contributed by atoms with Crippen LogP contribution in [0.15, 0.2) is 18.2 Å². The summed E-state index contributed by atoms with van der Waals surface area (Å²) >= 11 is 0. The molecule has 5 heteroatoms. The summed E-state index contributed by atoms with van der Waals surface area (Å²) in [5.41, 5.74) is 0.262. The van der Waals surface area contributed by atoms with Crippen LogP contribution in [-0.4, -0.2) is 34.0 Å². The first-order valence-electron chi connectivity index (χ1n) is 8.14. The van der Waals surface area contributed by atoms with Crippen LogP contribution in [0.3, 0.4) is 0 Å². The molecule has 1 atom stereocenters. The highest BCUT2D eigenvalue weighted by Gasteiger charge is 2.43. The van der Waals surface area contributed by atoms with Crippen molar-refractivity contribution < 1.29 is 19.1 Å². The third-order valence-electron chi connectivity index (χ3n) is 5.07. The molecule has 1 saturated heterocycles. The van der Waals surface area contributed by atoms with Gasteiger partial charge in [0.1, 0.15) is 5.82 Å². The zero-order chi connectivity index (χ0) is 16.8. The molecule has 1 aromatic carbocycles. The van der Waals surface area contributed by atoms with Crippen molar-refractivity contribution in [2.75, 3.05) is 6.54 Å². The van der Waals surface area contributed by atoms with Gasteiger partial charge in [0.2, 0.25) is 5.91 Å². The zero-order valence-corrected chi connectivity index (χ0v) is 13.5. The standard InChI is InChI=1S/C18H22FNO3/c1-18(2)10-13(7-8-20(18)16(21)11-3-4-11)12-5-6-14(17(22)23)15(19)9-12/h5-6,9,11,13H,3-4,7-8,10H2,1-2H3,(H,22,23). The summed E-state index contributed by atoms with van der Waals surface area (Å²) in [6.07, 6.45) is 3.54. The Labute approximate surface area is 135 Å². The van der Waals surface area contributed by atoms with Crippen LogP contribution in [0.2, 0.25) is 0 Å². The monoisotopic (exact) mass is 319 g/mol. The van der Waals surface area contributed by atoms with E-state index in [2.05, 4.69) is 13.8 Å². The van der Waals surface area contributed by atoms with Crippen LogP contribution >= 0.6 is 0 Å². The van der Waals surface area contributed by atoms with E-state index < -0.39 is 11.8 Å². The molecule has 0 spiro atoms. The SMILES string of the molecule is CC1(C)CC(c2ccc(C(=O)O)c(F)c2)CCN1C(=O)C1CC1. The molecule has 1 aromatic rings. The Hall–Kier alpha value is -1.91. The lowest BCUT2D eigenvalue weighted by atomic mass is 9.78. The van der Waals surface area contributed by atoms with E-state index in [9.17, 15) is 14.0 Å². The Morgan fingerprint density at radius 3 is 2.48 bits per heavy atom. The van der Waals surface area contributed by atoms with Gasteiger partial charge >= 0.3 is 5.97 Å². The van der Waals surface area contributed by atoms with E-state index in [-0.39, 0.29) is 28.8 Å². The Morgan fingerprint density at radius 1 is 1.26 bits per heavy atom. The molecule has 0 bridgehead atoms. The van der Waals surface area contributed by atoms with Crippen LogP contribution in [0.4, 0.5) is 4.39 Å². The van der Waals surface area contributed by atoms with Crippen molar-refractivity contribution >= 4 is 11.9 Å². The minimum atomic E-state index is -1.25. The van der Waals surface area contributed by atoms with E-state index in [1.165, 1.54) is 12.1 Å². The van der Waals surface area contributed by atoms with E-state index in [0.717, 1.165) is 31.2 Å². The number of benzene rings is 1. The lowest BCUT2D eigenvalue weighted by molar-refractivity contribution is -0.140. The third kappa shape index (κ3) is 3.09.